The number of carbonyl (C=O) groups is 2. The molecule has 1 aromatic carbocycles. The number of ketones is 2. The minimum atomic E-state index is 0.0686. The van der Waals surface area contributed by atoms with Crippen LogP contribution in [0, 0.1) is 6.92 Å². The Morgan fingerprint density at radius 1 is 1.20 bits per heavy atom. The minimum absolute atomic E-state index is 0.0686. The van der Waals surface area contributed by atoms with Crippen LogP contribution in [0.25, 0.3) is 0 Å². The molecule has 0 aliphatic rings. The smallest absolute Gasteiger partial charge is 0.159 e. The minimum Gasteiger partial charge on any atom is -0.300 e. The third-order valence-electron chi connectivity index (χ3n) is 2.50. The second-order valence-electron chi connectivity index (χ2n) is 3.90. The Balaban J connectivity index is 2.90. The molecule has 0 radical (unpaired) electrons. The fourth-order valence-electron chi connectivity index (χ4n) is 1.47. The zero-order chi connectivity index (χ0) is 11.4. The highest BCUT2D eigenvalue weighted by molar-refractivity contribution is 5.94. The molecule has 0 saturated carbocycles. The summed E-state index contributed by atoms with van der Waals surface area (Å²) in [7, 11) is 0. The molecule has 0 atom stereocenters. The van der Waals surface area contributed by atoms with Gasteiger partial charge in [0.05, 0.1) is 0 Å². The van der Waals surface area contributed by atoms with Gasteiger partial charge in [-0.1, -0.05) is 12.1 Å². The molecule has 0 aromatic heterocycles. The van der Waals surface area contributed by atoms with Gasteiger partial charge in [-0.05, 0) is 44.4 Å². The summed E-state index contributed by atoms with van der Waals surface area (Å²) in [6.07, 6.45) is 1.27. The Morgan fingerprint density at radius 3 is 2.40 bits per heavy atom. The van der Waals surface area contributed by atoms with Crippen molar-refractivity contribution in [1.29, 1.82) is 0 Å². The zero-order valence-electron chi connectivity index (χ0n) is 9.46. The van der Waals surface area contributed by atoms with Gasteiger partial charge in [-0.15, -0.1) is 0 Å². The summed E-state index contributed by atoms with van der Waals surface area (Å²) in [4.78, 5) is 22.1. The second kappa shape index (κ2) is 4.87. The third-order valence-corrected chi connectivity index (χ3v) is 2.50. The van der Waals surface area contributed by atoms with E-state index in [1.807, 2.05) is 25.1 Å². The summed E-state index contributed by atoms with van der Waals surface area (Å²) in [5, 5.41) is 0. The lowest BCUT2D eigenvalue weighted by Gasteiger charge is -2.06. The first-order chi connectivity index (χ1) is 7.00. The summed E-state index contributed by atoms with van der Waals surface area (Å²) >= 11 is 0. The quantitative estimate of drug-likeness (QED) is 0.707. The normalized spacial score (nSPS) is 10.1. The molecule has 0 fully saturated rings. The highest BCUT2D eigenvalue weighted by atomic mass is 16.1. The number of Topliss-reactive ketones (excluding diaryl/α,β-unsaturated/α-hetero) is 2. The lowest BCUT2D eigenvalue weighted by molar-refractivity contribution is -0.116. The Bertz CT molecular complexity index is 392. The van der Waals surface area contributed by atoms with E-state index < -0.39 is 0 Å². The molecule has 80 valence electrons. The van der Waals surface area contributed by atoms with Gasteiger partial charge in [-0.25, -0.2) is 0 Å². The first-order valence-electron chi connectivity index (χ1n) is 5.10. The fraction of sp³-hybridized carbons (Fsp3) is 0.385. The second-order valence-corrected chi connectivity index (χ2v) is 3.90. The van der Waals surface area contributed by atoms with E-state index in [4.69, 9.17) is 0 Å². The predicted octanol–water partition coefficient (Wildman–Crippen LogP) is 2.72. The van der Waals surface area contributed by atoms with Crippen LogP contribution in [0.4, 0.5) is 0 Å². The van der Waals surface area contributed by atoms with Crippen LogP contribution in [0.2, 0.25) is 0 Å². The Morgan fingerprint density at radius 2 is 1.87 bits per heavy atom. The number of rotatable bonds is 4. The van der Waals surface area contributed by atoms with Crippen molar-refractivity contribution in [2.24, 2.45) is 0 Å². The first kappa shape index (κ1) is 11.6. The number of carbonyl (C=O) groups excluding carboxylic acids is 2. The Labute approximate surface area is 90.3 Å². The van der Waals surface area contributed by atoms with Crippen molar-refractivity contribution >= 4 is 11.6 Å². The maximum atomic E-state index is 11.2. The maximum absolute atomic E-state index is 11.2. The Hall–Kier alpha value is -1.44. The van der Waals surface area contributed by atoms with E-state index in [-0.39, 0.29) is 11.6 Å². The standard InChI is InChI=1S/C13H16O2/c1-9-4-6-13(11(3)15)8-12(9)7-5-10(2)14/h4,6,8H,5,7H2,1-3H3. The van der Waals surface area contributed by atoms with Crippen molar-refractivity contribution in [3.8, 4) is 0 Å². The third kappa shape index (κ3) is 3.31. The molecule has 0 spiro atoms. The molecule has 15 heavy (non-hydrogen) atoms. The zero-order valence-corrected chi connectivity index (χ0v) is 9.46. The van der Waals surface area contributed by atoms with Gasteiger partial charge in [0.2, 0.25) is 0 Å². The summed E-state index contributed by atoms with van der Waals surface area (Å²) < 4.78 is 0. The molecule has 0 aliphatic heterocycles. The van der Waals surface area contributed by atoms with Crippen LogP contribution in [-0.4, -0.2) is 11.6 Å². The van der Waals surface area contributed by atoms with E-state index in [0.29, 0.717) is 6.42 Å². The number of hydrogen-bond donors (Lipinski definition) is 0. The van der Waals surface area contributed by atoms with Gasteiger partial charge < -0.3 is 4.79 Å². The molecule has 0 N–H and O–H groups in total. The van der Waals surface area contributed by atoms with E-state index in [0.717, 1.165) is 23.1 Å². The summed E-state index contributed by atoms with van der Waals surface area (Å²) in [5.41, 5.74) is 2.96. The van der Waals surface area contributed by atoms with Crippen LogP contribution in [0.5, 0.6) is 0 Å². The van der Waals surface area contributed by atoms with Crippen LogP contribution < -0.4 is 0 Å². The van der Waals surface area contributed by atoms with Gasteiger partial charge in [-0.2, -0.15) is 0 Å². The summed E-state index contributed by atoms with van der Waals surface area (Å²) in [6.45, 7) is 5.14. The van der Waals surface area contributed by atoms with Crippen LogP contribution in [0.3, 0.4) is 0 Å². The predicted molar refractivity (Wildman–Crippen MR) is 60.2 cm³/mol. The van der Waals surface area contributed by atoms with Crippen molar-refractivity contribution in [2.45, 2.75) is 33.6 Å². The molecular weight excluding hydrogens is 188 g/mol. The molecule has 0 amide bonds. The number of aryl methyl sites for hydroxylation is 2. The fourth-order valence-corrected chi connectivity index (χ4v) is 1.47. The van der Waals surface area contributed by atoms with Crippen molar-refractivity contribution in [2.75, 3.05) is 0 Å². The monoisotopic (exact) mass is 204 g/mol. The van der Waals surface area contributed by atoms with E-state index in [2.05, 4.69) is 0 Å². The molecule has 0 saturated heterocycles. The largest absolute Gasteiger partial charge is 0.300 e. The van der Waals surface area contributed by atoms with Crippen molar-refractivity contribution in [1.82, 2.24) is 0 Å². The van der Waals surface area contributed by atoms with Crippen LogP contribution in [0.15, 0.2) is 18.2 Å². The SMILES string of the molecule is CC(=O)CCc1cc(C(C)=O)ccc1C. The van der Waals surface area contributed by atoms with Gasteiger partial charge in [0.25, 0.3) is 0 Å². The summed E-state index contributed by atoms with van der Waals surface area (Å²) in [5.74, 6) is 0.252. The summed E-state index contributed by atoms with van der Waals surface area (Å²) in [6, 6.07) is 5.65. The lowest BCUT2D eigenvalue weighted by Crippen LogP contribution is -1.99. The first-order valence-corrected chi connectivity index (χ1v) is 5.10. The molecule has 2 nitrogen and oxygen atoms in total. The van der Waals surface area contributed by atoms with Crippen molar-refractivity contribution in [3.05, 3.63) is 34.9 Å². The van der Waals surface area contributed by atoms with Crippen LogP contribution >= 0.6 is 0 Å². The van der Waals surface area contributed by atoms with E-state index in [1.54, 1.807) is 13.8 Å². The topological polar surface area (TPSA) is 34.1 Å². The van der Waals surface area contributed by atoms with Gasteiger partial charge in [-0.3, -0.25) is 4.79 Å². The lowest BCUT2D eigenvalue weighted by atomic mass is 9.99. The molecule has 0 unspecified atom stereocenters. The molecule has 0 heterocycles. The molecule has 2 heteroatoms. The Kier molecular flexibility index (Phi) is 3.78. The van der Waals surface area contributed by atoms with Crippen molar-refractivity contribution < 1.29 is 9.59 Å². The van der Waals surface area contributed by atoms with Gasteiger partial charge >= 0.3 is 0 Å². The highest BCUT2D eigenvalue weighted by Crippen LogP contribution is 2.13. The van der Waals surface area contributed by atoms with E-state index in [1.165, 1.54) is 0 Å². The van der Waals surface area contributed by atoms with Crippen LogP contribution in [-0.2, 0) is 11.2 Å². The molecule has 0 aliphatic carbocycles. The van der Waals surface area contributed by atoms with E-state index >= 15 is 0 Å². The molecule has 0 bridgehead atoms. The average molecular weight is 204 g/mol. The van der Waals surface area contributed by atoms with Crippen molar-refractivity contribution in [3.63, 3.8) is 0 Å². The molecular formula is C13H16O2. The molecule has 1 aromatic rings. The average Bonchev–Trinajstić information content (AvgIpc) is 2.16. The number of benzene rings is 1. The van der Waals surface area contributed by atoms with Gasteiger partial charge in [0.1, 0.15) is 5.78 Å². The highest BCUT2D eigenvalue weighted by Gasteiger charge is 2.04. The molecule has 1 rings (SSSR count). The maximum Gasteiger partial charge on any atom is 0.159 e. The van der Waals surface area contributed by atoms with Crippen LogP contribution in [0.1, 0.15) is 41.8 Å². The van der Waals surface area contributed by atoms with Gasteiger partial charge in [0, 0.05) is 12.0 Å². The number of hydrogen-bond acceptors (Lipinski definition) is 2. The van der Waals surface area contributed by atoms with Gasteiger partial charge in [0.15, 0.2) is 5.78 Å². The van der Waals surface area contributed by atoms with E-state index in [9.17, 15) is 9.59 Å².